The van der Waals surface area contributed by atoms with Crippen LogP contribution < -0.4 is 5.32 Å². The number of nitrogens with one attached hydrogen (secondary N) is 1. The number of Topliss-reactive ketones (excluding diaryl/α,β-unsaturated/α-hetero) is 1. The molecule has 0 aliphatic carbocycles. The van der Waals surface area contributed by atoms with Gasteiger partial charge in [-0.15, -0.1) is 22.7 Å². The van der Waals surface area contributed by atoms with Gasteiger partial charge in [-0.1, -0.05) is 23.2 Å². The summed E-state index contributed by atoms with van der Waals surface area (Å²) in [7, 11) is 0. The van der Waals surface area contributed by atoms with Crippen molar-refractivity contribution in [2.75, 3.05) is 5.32 Å². The van der Waals surface area contributed by atoms with Crippen LogP contribution in [0.5, 0.6) is 0 Å². The maximum atomic E-state index is 11.9. The summed E-state index contributed by atoms with van der Waals surface area (Å²) < 4.78 is 0.759. The first kappa shape index (κ1) is 13.5. The summed E-state index contributed by atoms with van der Waals surface area (Å²) in [4.78, 5) is 26.9. The van der Waals surface area contributed by atoms with Crippen LogP contribution >= 0.6 is 45.9 Å². The first-order valence-corrected chi connectivity index (χ1v) is 7.15. The van der Waals surface area contributed by atoms with Gasteiger partial charge in [-0.3, -0.25) is 14.9 Å². The third-order valence-electron chi connectivity index (χ3n) is 1.99. The van der Waals surface area contributed by atoms with Gasteiger partial charge in [-0.2, -0.15) is 0 Å². The summed E-state index contributed by atoms with van der Waals surface area (Å²) in [5.41, 5.74) is 0.621. The molecule has 2 rings (SSSR count). The van der Waals surface area contributed by atoms with E-state index in [1.54, 1.807) is 5.38 Å². The molecule has 0 saturated carbocycles. The van der Waals surface area contributed by atoms with Gasteiger partial charge in [0.2, 0.25) is 0 Å². The molecule has 0 saturated heterocycles. The summed E-state index contributed by atoms with van der Waals surface area (Å²) in [6, 6.07) is 1.49. The summed E-state index contributed by atoms with van der Waals surface area (Å²) in [5.74, 6) is -0.545. The number of nitrogens with zero attached hydrogens (tertiary/aromatic N) is 1. The van der Waals surface area contributed by atoms with Gasteiger partial charge in [0.25, 0.3) is 5.91 Å². The lowest BCUT2D eigenvalue weighted by Gasteiger charge is -1.98. The average Bonchev–Trinajstić information content (AvgIpc) is 2.85. The number of anilines is 1. The Balaban J connectivity index is 2.16. The summed E-state index contributed by atoms with van der Waals surface area (Å²) in [6.07, 6.45) is 0. The molecule has 0 aliphatic heterocycles. The number of thiazole rings is 1. The third kappa shape index (κ3) is 2.89. The van der Waals surface area contributed by atoms with E-state index in [-0.39, 0.29) is 5.78 Å². The molecule has 0 aliphatic rings. The topological polar surface area (TPSA) is 59.1 Å². The zero-order chi connectivity index (χ0) is 13.3. The molecule has 0 unspecified atom stereocenters. The minimum atomic E-state index is -0.396. The number of thiophene rings is 1. The smallest absolute Gasteiger partial charge is 0.259 e. The Morgan fingerprint density at radius 1 is 1.39 bits per heavy atom. The van der Waals surface area contributed by atoms with E-state index in [2.05, 4.69) is 10.3 Å². The molecule has 2 heterocycles. The highest BCUT2D eigenvalue weighted by atomic mass is 35.5. The lowest BCUT2D eigenvalue weighted by molar-refractivity contribution is 0.100. The maximum absolute atomic E-state index is 11.9. The van der Waals surface area contributed by atoms with Gasteiger partial charge < -0.3 is 0 Å². The van der Waals surface area contributed by atoms with Crippen LogP contribution in [0.15, 0.2) is 11.4 Å². The molecule has 94 valence electrons. The Bertz CT molecular complexity index is 621. The second-order valence-corrected chi connectivity index (χ2v) is 6.43. The monoisotopic (exact) mass is 320 g/mol. The van der Waals surface area contributed by atoms with Crippen LogP contribution in [0.2, 0.25) is 8.67 Å². The number of carbonyl (C=O) groups is 2. The van der Waals surface area contributed by atoms with E-state index < -0.39 is 5.91 Å². The van der Waals surface area contributed by atoms with Crippen LogP contribution in [-0.4, -0.2) is 16.7 Å². The predicted molar refractivity (Wildman–Crippen MR) is 74.4 cm³/mol. The molecule has 18 heavy (non-hydrogen) atoms. The number of rotatable bonds is 3. The number of amides is 1. The van der Waals surface area contributed by atoms with Crippen molar-refractivity contribution in [3.05, 3.63) is 31.4 Å². The standard InChI is InChI=1S/C10H6Cl2N2O2S2/c1-4(15)6-3-17-10(13-6)14-9(16)5-2-7(11)18-8(5)12/h2-3H,1H3,(H,13,14,16). The highest BCUT2D eigenvalue weighted by Crippen LogP contribution is 2.31. The van der Waals surface area contributed by atoms with Crippen LogP contribution in [0.1, 0.15) is 27.8 Å². The molecule has 0 bridgehead atoms. The van der Waals surface area contributed by atoms with Crippen molar-refractivity contribution in [2.45, 2.75) is 6.92 Å². The summed E-state index contributed by atoms with van der Waals surface area (Å²) >= 11 is 13.9. The fourth-order valence-corrected chi connectivity index (χ4v) is 3.36. The number of hydrogen-bond acceptors (Lipinski definition) is 5. The SMILES string of the molecule is CC(=O)c1csc(NC(=O)c2cc(Cl)sc2Cl)n1. The molecule has 0 radical (unpaired) electrons. The first-order chi connectivity index (χ1) is 8.47. The number of ketones is 1. The van der Waals surface area contributed by atoms with E-state index in [1.807, 2.05) is 0 Å². The molecule has 0 spiro atoms. The number of hydrogen-bond donors (Lipinski definition) is 1. The van der Waals surface area contributed by atoms with Crippen molar-refractivity contribution >= 4 is 62.7 Å². The molecule has 4 nitrogen and oxygen atoms in total. The zero-order valence-electron chi connectivity index (χ0n) is 8.99. The van der Waals surface area contributed by atoms with Crippen molar-refractivity contribution in [3.63, 3.8) is 0 Å². The van der Waals surface area contributed by atoms with Crippen molar-refractivity contribution in [3.8, 4) is 0 Å². The van der Waals surface area contributed by atoms with Crippen molar-refractivity contribution in [2.24, 2.45) is 0 Å². The molecule has 2 aromatic rings. The number of halogens is 2. The fraction of sp³-hybridized carbons (Fsp3) is 0.100. The van der Waals surface area contributed by atoms with Crippen LogP contribution in [-0.2, 0) is 0 Å². The van der Waals surface area contributed by atoms with Crippen molar-refractivity contribution in [1.29, 1.82) is 0 Å². The minimum absolute atomic E-state index is 0.150. The Morgan fingerprint density at radius 3 is 2.61 bits per heavy atom. The zero-order valence-corrected chi connectivity index (χ0v) is 12.1. The molecule has 0 aromatic carbocycles. The van der Waals surface area contributed by atoms with E-state index in [9.17, 15) is 9.59 Å². The van der Waals surface area contributed by atoms with Crippen LogP contribution in [0, 0.1) is 0 Å². The van der Waals surface area contributed by atoms with Gasteiger partial charge in [0.05, 0.1) is 9.90 Å². The molecule has 2 aromatic heterocycles. The lowest BCUT2D eigenvalue weighted by atomic mass is 10.3. The van der Waals surface area contributed by atoms with E-state index >= 15 is 0 Å². The Hall–Kier alpha value is -0.950. The Morgan fingerprint density at radius 2 is 2.11 bits per heavy atom. The quantitative estimate of drug-likeness (QED) is 0.870. The lowest BCUT2D eigenvalue weighted by Crippen LogP contribution is -2.11. The molecule has 8 heteroatoms. The van der Waals surface area contributed by atoms with E-state index in [0.717, 1.165) is 11.3 Å². The van der Waals surface area contributed by atoms with Crippen LogP contribution in [0.25, 0.3) is 0 Å². The van der Waals surface area contributed by atoms with Gasteiger partial charge in [0.15, 0.2) is 10.9 Å². The average molecular weight is 321 g/mol. The van der Waals surface area contributed by atoms with Gasteiger partial charge in [-0.25, -0.2) is 4.98 Å². The number of carbonyl (C=O) groups excluding carboxylic acids is 2. The third-order valence-corrected chi connectivity index (χ3v) is 4.23. The van der Waals surface area contributed by atoms with Crippen molar-refractivity contribution in [1.82, 2.24) is 4.98 Å². The fourth-order valence-electron chi connectivity index (χ4n) is 1.15. The molecule has 0 atom stereocenters. The largest absolute Gasteiger partial charge is 0.298 e. The van der Waals surface area contributed by atoms with Crippen LogP contribution in [0.4, 0.5) is 5.13 Å². The minimum Gasteiger partial charge on any atom is -0.298 e. The molecule has 1 amide bonds. The Kier molecular flexibility index (Phi) is 4.01. The number of aromatic nitrogens is 1. The molecular weight excluding hydrogens is 315 g/mol. The normalized spacial score (nSPS) is 10.4. The van der Waals surface area contributed by atoms with E-state index in [4.69, 9.17) is 23.2 Å². The highest BCUT2D eigenvalue weighted by Gasteiger charge is 2.16. The maximum Gasteiger partial charge on any atom is 0.259 e. The first-order valence-electron chi connectivity index (χ1n) is 4.70. The van der Waals surface area contributed by atoms with E-state index in [0.29, 0.717) is 25.1 Å². The summed E-state index contributed by atoms with van der Waals surface area (Å²) in [6.45, 7) is 1.41. The van der Waals surface area contributed by atoms with Gasteiger partial charge >= 0.3 is 0 Å². The molecular formula is C10H6Cl2N2O2S2. The van der Waals surface area contributed by atoms with Crippen LogP contribution in [0.3, 0.4) is 0 Å². The predicted octanol–water partition coefficient (Wildman–Crippen LogP) is 3.97. The van der Waals surface area contributed by atoms with Gasteiger partial charge in [0, 0.05) is 12.3 Å². The molecule has 1 N–H and O–H groups in total. The summed E-state index contributed by atoms with van der Waals surface area (Å²) in [5, 5.41) is 4.50. The molecule has 0 fully saturated rings. The second kappa shape index (κ2) is 5.36. The van der Waals surface area contributed by atoms with Crippen molar-refractivity contribution < 1.29 is 9.59 Å². The van der Waals surface area contributed by atoms with E-state index in [1.165, 1.54) is 24.3 Å². The Labute approximate surface area is 121 Å². The van der Waals surface area contributed by atoms with Gasteiger partial charge in [0.1, 0.15) is 10.0 Å². The second-order valence-electron chi connectivity index (χ2n) is 3.29. The van der Waals surface area contributed by atoms with Gasteiger partial charge in [-0.05, 0) is 6.07 Å². The highest BCUT2D eigenvalue weighted by molar-refractivity contribution is 7.20.